The molecular weight excluding hydrogens is 350 g/mol. The summed E-state index contributed by atoms with van der Waals surface area (Å²) in [6.07, 6.45) is 0.932. The van der Waals surface area contributed by atoms with Crippen molar-refractivity contribution in [1.29, 1.82) is 0 Å². The summed E-state index contributed by atoms with van der Waals surface area (Å²) in [7, 11) is 0. The molecule has 2 atom stereocenters. The highest BCUT2D eigenvalue weighted by Crippen LogP contribution is 2.31. The first kappa shape index (κ1) is 20.9. The molecule has 1 aliphatic heterocycles. The van der Waals surface area contributed by atoms with Crippen molar-refractivity contribution in [2.75, 3.05) is 26.3 Å². The number of nitrogens with zero attached hydrogens (tertiary/aromatic N) is 1. The first-order valence-corrected chi connectivity index (χ1v) is 8.98. The van der Waals surface area contributed by atoms with Gasteiger partial charge in [0.15, 0.2) is 0 Å². The number of rotatable bonds is 8. The van der Waals surface area contributed by atoms with E-state index in [0.717, 1.165) is 5.56 Å². The molecule has 1 fully saturated rings. The van der Waals surface area contributed by atoms with Crippen molar-refractivity contribution < 1.29 is 28.9 Å². The van der Waals surface area contributed by atoms with Crippen molar-refractivity contribution in [3.05, 3.63) is 48.6 Å². The summed E-state index contributed by atoms with van der Waals surface area (Å²) in [5.41, 5.74) is -0.00337. The van der Waals surface area contributed by atoms with Gasteiger partial charge in [0.1, 0.15) is 13.2 Å². The fourth-order valence-corrected chi connectivity index (χ4v) is 2.92. The van der Waals surface area contributed by atoms with Crippen LogP contribution >= 0.6 is 0 Å². The number of hydrogen-bond acceptors (Lipinski definition) is 6. The van der Waals surface area contributed by atoms with Gasteiger partial charge >= 0.3 is 12.1 Å². The van der Waals surface area contributed by atoms with Crippen LogP contribution in [0.1, 0.15) is 25.3 Å². The summed E-state index contributed by atoms with van der Waals surface area (Å²) in [6, 6.07) is 9.40. The number of aliphatic hydroxyl groups is 1. The van der Waals surface area contributed by atoms with Crippen molar-refractivity contribution in [2.24, 2.45) is 5.41 Å². The van der Waals surface area contributed by atoms with Crippen LogP contribution in [0.4, 0.5) is 4.79 Å². The topological polar surface area (TPSA) is 85.3 Å². The van der Waals surface area contributed by atoms with Crippen LogP contribution in [0.5, 0.6) is 0 Å². The predicted molar refractivity (Wildman–Crippen MR) is 98.7 cm³/mol. The fraction of sp³-hybridized carbons (Fsp3) is 0.500. The molecule has 1 N–H and O–H groups in total. The fourth-order valence-electron chi connectivity index (χ4n) is 2.92. The molecule has 27 heavy (non-hydrogen) atoms. The number of carbonyl (C=O) groups is 2. The number of piperidine rings is 1. The van der Waals surface area contributed by atoms with Crippen LogP contribution in [0.3, 0.4) is 0 Å². The van der Waals surface area contributed by atoms with Gasteiger partial charge in [0.25, 0.3) is 0 Å². The monoisotopic (exact) mass is 377 g/mol. The van der Waals surface area contributed by atoms with Crippen LogP contribution in [0.25, 0.3) is 0 Å². The third kappa shape index (κ3) is 6.37. The molecule has 1 saturated heterocycles. The van der Waals surface area contributed by atoms with Gasteiger partial charge in [0.2, 0.25) is 6.29 Å². The lowest BCUT2D eigenvalue weighted by molar-refractivity contribution is -0.189. The molecule has 1 aliphatic rings. The van der Waals surface area contributed by atoms with E-state index >= 15 is 0 Å². The molecule has 0 radical (unpaired) electrons. The van der Waals surface area contributed by atoms with Crippen molar-refractivity contribution in [2.45, 2.75) is 32.7 Å². The van der Waals surface area contributed by atoms with Crippen LogP contribution in [0.15, 0.2) is 43.0 Å². The summed E-state index contributed by atoms with van der Waals surface area (Å²) in [4.78, 5) is 26.3. The largest absolute Gasteiger partial charge is 0.445 e. The molecule has 0 bridgehead atoms. The number of amides is 1. The Bertz CT molecular complexity index is 635. The van der Waals surface area contributed by atoms with Gasteiger partial charge in [-0.3, -0.25) is 4.79 Å². The number of hydrogen-bond donors (Lipinski definition) is 1. The zero-order chi connectivity index (χ0) is 19.7. The quantitative estimate of drug-likeness (QED) is 0.324. The molecule has 0 spiro atoms. The number of carbonyl (C=O) groups excluding carboxylic acids is 2. The van der Waals surface area contributed by atoms with E-state index in [1.165, 1.54) is 11.0 Å². The molecule has 1 aromatic rings. The third-order valence-electron chi connectivity index (χ3n) is 4.39. The summed E-state index contributed by atoms with van der Waals surface area (Å²) in [6.45, 7) is 6.23. The van der Waals surface area contributed by atoms with Gasteiger partial charge in [-0.15, -0.1) is 6.58 Å². The maximum atomic E-state index is 12.5. The molecule has 2 rings (SSSR count). The smallest absolute Gasteiger partial charge is 0.410 e. The van der Waals surface area contributed by atoms with Gasteiger partial charge in [0.05, 0.1) is 12.0 Å². The summed E-state index contributed by atoms with van der Waals surface area (Å²) >= 11 is 0. The Hall–Kier alpha value is -2.38. The number of benzene rings is 1. The van der Waals surface area contributed by atoms with Crippen LogP contribution in [-0.2, 0) is 25.6 Å². The van der Waals surface area contributed by atoms with E-state index in [1.807, 2.05) is 30.3 Å². The highest BCUT2D eigenvalue weighted by Gasteiger charge is 2.42. The average molecular weight is 377 g/mol. The predicted octanol–water partition coefficient (Wildman–Crippen LogP) is 2.49. The SMILES string of the molecule is C=CCOCC(O)OC(=O)C1(C)CCCN(C(=O)OCc2ccccc2)C1. The normalized spacial score (nSPS) is 20.6. The molecule has 1 aromatic carbocycles. The second-order valence-corrected chi connectivity index (χ2v) is 6.81. The average Bonchev–Trinajstić information content (AvgIpc) is 2.67. The minimum Gasteiger partial charge on any atom is -0.445 e. The molecule has 148 valence electrons. The van der Waals surface area contributed by atoms with Crippen LogP contribution in [0.2, 0.25) is 0 Å². The second kappa shape index (κ2) is 10.1. The van der Waals surface area contributed by atoms with E-state index in [1.54, 1.807) is 6.92 Å². The highest BCUT2D eigenvalue weighted by molar-refractivity contribution is 5.78. The molecule has 1 amide bonds. The van der Waals surface area contributed by atoms with Gasteiger partial charge in [-0.2, -0.15) is 0 Å². The van der Waals surface area contributed by atoms with Crippen LogP contribution in [0, 0.1) is 5.41 Å². The zero-order valence-corrected chi connectivity index (χ0v) is 15.6. The summed E-state index contributed by atoms with van der Waals surface area (Å²) in [5.74, 6) is -0.558. The van der Waals surface area contributed by atoms with E-state index in [9.17, 15) is 14.7 Å². The maximum absolute atomic E-state index is 12.5. The van der Waals surface area contributed by atoms with Gasteiger partial charge in [0, 0.05) is 13.1 Å². The molecule has 0 aliphatic carbocycles. The molecule has 0 aromatic heterocycles. The Morgan fingerprint density at radius 2 is 2.11 bits per heavy atom. The van der Waals surface area contributed by atoms with E-state index in [0.29, 0.717) is 19.4 Å². The number of likely N-dealkylation sites (tertiary alicyclic amines) is 1. The van der Waals surface area contributed by atoms with E-state index in [2.05, 4.69) is 6.58 Å². The molecule has 7 heteroatoms. The molecular formula is C20H27NO6. The Balaban J connectivity index is 1.85. The molecule has 1 heterocycles. The summed E-state index contributed by atoms with van der Waals surface area (Å²) < 4.78 is 15.5. The maximum Gasteiger partial charge on any atom is 0.410 e. The molecule has 0 saturated carbocycles. The highest BCUT2D eigenvalue weighted by atomic mass is 16.7. The summed E-state index contributed by atoms with van der Waals surface area (Å²) in [5, 5.41) is 9.77. The van der Waals surface area contributed by atoms with Gasteiger partial charge in [-0.05, 0) is 25.3 Å². The third-order valence-corrected chi connectivity index (χ3v) is 4.39. The Morgan fingerprint density at radius 1 is 1.37 bits per heavy atom. The van der Waals surface area contributed by atoms with Crippen molar-refractivity contribution in [1.82, 2.24) is 4.90 Å². The first-order valence-electron chi connectivity index (χ1n) is 8.98. The zero-order valence-electron chi connectivity index (χ0n) is 15.6. The number of esters is 1. The van der Waals surface area contributed by atoms with Gasteiger partial charge in [-0.1, -0.05) is 36.4 Å². The Labute approximate surface area is 159 Å². The first-order chi connectivity index (χ1) is 12.9. The second-order valence-electron chi connectivity index (χ2n) is 6.81. The molecule has 7 nitrogen and oxygen atoms in total. The molecule has 2 unspecified atom stereocenters. The van der Waals surface area contributed by atoms with Crippen molar-refractivity contribution in [3.63, 3.8) is 0 Å². The van der Waals surface area contributed by atoms with Gasteiger partial charge < -0.3 is 24.2 Å². The van der Waals surface area contributed by atoms with E-state index < -0.39 is 23.8 Å². The van der Waals surface area contributed by atoms with Gasteiger partial charge in [-0.25, -0.2) is 4.79 Å². The minimum atomic E-state index is -1.35. The Kier molecular flexibility index (Phi) is 7.82. The number of aliphatic hydroxyl groups excluding tert-OH is 1. The minimum absolute atomic E-state index is 0.128. The standard InChI is InChI=1S/C20H27NO6/c1-3-12-25-14-17(22)27-18(23)20(2)10-7-11-21(15-20)19(24)26-13-16-8-5-4-6-9-16/h3-6,8-9,17,22H,1,7,10-15H2,2H3. The number of ether oxygens (including phenoxy) is 3. The van der Waals surface area contributed by atoms with E-state index in [4.69, 9.17) is 14.2 Å². The van der Waals surface area contributed by atoms with Crippen molar-refractivity contribution in [3.8, 4) is 0 Å². The van der Waals surface area contributed by atoms with E-state index in [-0.39, 0.29) is 26.4 Å². The Morgan fingerprint density at radius 3 is 2.81 bits per heavy atom. The lowest BCUT2D eigenvalue weighted by Gasteiger charge is -2.38. The lowest BCUT2D eigenvalue weighted by atomic mass is 9.82. The lowest BCUT2D eigenvalue weighted by Crippen LogP contribution is -2.49. The van der Waals surface area contributed by atoms with Crippen LogP contribution in [-0.4, -0.2) is 54.7 Å². The van der Waals surface area contributed by atoms with Crippen LogP contribution < -0.4 is 0 Å². The van der Waals surface area contributed by atoms with Crippen molar-refractivity contribution >= 4 is 12.1 Å².